The molecule has 0 aromatic heterocycles. The summed E-state index contributed by atoms with van der Waals surface area (Å²) in [5, 5.41) is 3.77. The van der Waals surface area contributed by atoms with E-state index in [1.54, 1.807) is 0 Å². The third-order valence-electron chi connectivity index (χ3n) is 4.27. The maximum absolute atomic E-state index is 3.77. The zero-order valence-electron chi connectivity index (χ0n) is 9.76. The number of hydrogen-bond donors (Lipinski definition) is 1. The van der Waals surface area contributed by atoms with Gasteiger partial charge in [0.1, 0.15) is 0 Å². The van der Waals surface area contributed by atoms with Crippen LogP contribution in [0.15, 0.2) is 0 Å². The number of nitrogens with one attached hydrogen (secondary N) is 1. The van der Waals surface area contributed by atoms with Gasteiger partial charge in [-0.1, -0.05) is 20.3 Å². The molecule has 2 rings (SSSR count). The molecule has 1 heteroatoms. The Morgan fingerprint density at radius 2 is 2.00 bits per heavy atom. The predicted octanol–water partition coefficient (Wildman–Crippen LogP) is 3.20. The minimum absolute atomic E-state index is 0.848. The third kappa shape index (κ3) is 2.73. The predicted molar refractivity (Wildman–Crippen MR) is 61.3 cm³/mol. The van der Waals surface area contributed by atoms with E-state index in [4.69, 9.17) is 0 Å². The van der Waals surface area contributed by atoms with E-state index in [2.05, 4.69) is 19.2 Å². The first-order chi connectivity index (χ1) is 6.79. The van der Waals surface area contributed by atoms with Gasteiger partial charge in [0.2, 0.25) is 0 Å². The molecular formula is C13H25N. The maximum atomic E-state index is 3.77. The van der Waals surface area contributed by atoms with Gasteiger partial charge in [-0.05, 0) is 56.4 Å². The molecule has 2 fully saturated rings. The van der Waals surface area contributed by atoms with Crippen LogP contribution in [0.2, 0.25) is 0 Å². The topological polar surface area (TPSA) is 12.0 Å². The standard InChI is InChI=1S/C13H25N/c1-3-11-4-7-13(8-11)14-9-10(2)12-5-6-12/h10-14H,3-9H2,1-2H3. The van der Waals surface area contributed by atoms with Crippen molar-refractivity contribution in [1.29, 1.82) is 0 Å². The van der Waals surface area contributed by atoms with Crippen molar-refractivity contribution in [3.63, 3.8) is 0 Å². The molecule has 2 saturated carbocycles. The lowest BCUT2D eigenvalue weighted by molar-refractivity contribution is 0.407. The molecule has 0 heterocycles. The largest absolute Gasteiger partial charge is 0.314 e. The Morgan fingerprint density at radius 1 is 1.21 bits per heavy atom. The van der Waals surface area contributed by atoms with E-state index in [-0.39, 0.29) is 0 Å². The molecule has 3 atom stereocenters. The molecule has 0 amide bonds. The Hall–Kier alpha value is -0.0400. The van der Waals surface area contributed by atoms with Crippen molar-refractivity contribution >= 4 is 0 Å². The first-order valence-electron chi connectivity index (χ1n) is 6.53. The zero-order valence-corrected chi connectivity index (χ0v) is 9.76. The van der Waals surface area contributed by atoms with Crippen LogP contribution in [0.25, 0.3) is 0 Å². The van der Waals surface area contributed by atoms with Crippen LogP contribution in [0.5, 0.6) is 0 Å². The highest BCUT2D eigenvalue weighted by Crippen LogP contribution is 2.36. The monoisotopic (exact) mass is 195 g/mol. The Labute approximate surface area is 88.7 Å². The second-order valence-electron chi connectivity index (χ2n) is 5.51. The molecule has 2 aliphatic carbocycles. The van der Waals surface area contributed by atoms with Gasteiger partial charge in [0.05, 0.1) is 0 Å². The first-order valence-corrected chi connectivity index (χ1v) is 6.53. The lowest BCUT2D eigenvalue weighted by Crippen LogP contribution is -2.31. The summed E-state index contributed by atoms with van der Waals surface area (Å²) >= 11 is 0. The Morgan fingerprint density at radius 3 is 2.57 bits per heavy atom. The molecular weight excluding hydrogens is 170 g/mol. The van der Waals surface area contributed by atoms with Gasteiger partial charge in [0, 0.05) is 6.04 Å². The summed E-state index contributed by atoms with van der Waals surface area (Å²) in [4.78, 5) is 0. The Bertz CT molecular complexity index is 174. The maximum Gasteiger partial charge on any atom is 0.00699 e. The van der Waals surface area contributed by atoms with Gasteiger partial charge >= 0.3 is 0 Å². The van der Waals surface area contributed by atoms with Crippen LogP contribution in [0, 0.1) is 17.8 Å². The van der Waals surface area contributed by atoms with Crippen molar-refractivity contribution in [1.82, 2.24) is 5.32 Å². The Kier molecular flexibility index (Phi) is 3.48. The van der Waals surface area contributed by atoms with E-state index in [1.807, 2.05) is 0 Å². The summed E-state index contributed by atoms with van der Waals surface area (Å²) in [6.45, 7) is 6.02. The van der Waals surface area contributed by atoms with Crippen LogP contribution in [0.4, 0.5) is 0 Å². The summed E-state index contributed by atoms with van der Waals surface area (Å²) < 4.78 is 0. The van der Waals surface area contributed by atoms with Crippen LogP contribution in [-0.4, -0.2) is 12.6 Å². The van der Waals surface area contributed by atoms with Gasteiger partial charge in [0.15, 0.2) is 0 Å². The van der Waals surface area contributed by atoms with Gasteiger partial charge in [0.25, 0.3) is 0 Å². The molecule has 1 N–H and O–H groups in total. The van der Waals surface area contributed by atoms with Gasteiger partial charge < -0.3 is 5.32 Å². The van der Waals surface area contributed by atoms with Crippen molar-refractivity contribution in [2.45, 2.75) is 58.4 Å². The van der Waals surface area contributed by atoms with Gasteiger partial charge in [-0.3, -0.25) is 0 Å². The lowest BCUT2D eigenvalue weighted by Gasteiger charge is -2.16. The smallest absolute Gasteiger partial charge is 0.00699 e. The minimum atomic E-state index is 0.848. The van der Waals surface area contributed by atoms with Gasteiger partial charge in [-0.2, -0.15) is 0 Å². The third-order valence-corrected chi connectivity index (χ3v) is 4.27. The molecule has 0 aromatic rings. The van der Waals surface area contributed by atoms with E-state index in [9.17, 15) is 0 Å². The van der Waals surface area contributed by atoms with Crippen LogP contribution < -0.4 is 5.32 Å². The molecule has 0 saturated heterocycles. The van der Waals surface area contributed by atoms with Crippen molar-refractivity contribution in [2.75, 3.05) is 6.54 Å². The highest BCUT2D eigenvalue weighted by Gasteiger charge is 2.29. The normalized spacial score (nSPS) is 34.7. The van der Waals surface area contributed by atoms with Crippen LogP contribution in [-0.2, 0) is 0 Å². The molecule has 0 aliphatic heterocycles. The molecule has 2 aliphatic rings. The fourth-order valence-corrected chi connectivity index (χ4v) is 2.82. The van der Waals surface area contributed by atoms with E-state index in [1.165, 1.54) is 45.1 Å². The molecule has 14 heavy (non-hydrogen) atoms. The van der Waals surface area contributed by atoms with E-state index >= 15 is 0 Å². The SMILES string of the molecule is CCC1CCC(NCC(C)C2CC2)C1. The van der Waals surface area contributed by atoms with Crippen LogP contribution in [0.1, 0.15) is 52.4 Å². The van der Waals surface area contributed by atoms with Crippen LogP contribution in [0.3, 0.4) is 0 Å². The second kappa shape index (κ2) is 4.65. The summed E-state index contributed by atoms with van der Waals surface area (Å²) in [7, 11) is 0. The molecule has 0 spiro atoms. The minimum Gasteiger partial charge on any atom is -0.314 e. The lowest BCUT2D eigenvalue weighted by atomic mass is 10.0. The van der Waals surface area contributed by atoms with E-state index in [0.717, 1.165) is 23.8 Å². The first kappa shape index (κ1) is 10.5. The summed E-state index contributed by atoms with van der Waals surface area (Å²) in [5.74, 6) is 3.00. The van der Waals surface area contributed by atoms with Gasteiger partial charge in [-0.25, -0.2) is 0 Å². The van der Waals surface area contributed by atoms with Crippen molar-refractivity contribution in [3.05, 3.63) is 0 Å². The highest BCUT2D eigenvalue weighted by atomic mass is 14.9. The quantitative estimate of drug-likeness (QED) is 0.710. The average Bonchev–Trinajstić information content (AvgIpc) is 2.94. The zero-order chi connectivity index (χ0) is 9.97. The molecule has 0 bridgehead atoms. The molecule has 82 valence electrons. The van der Waals surface area contributed by atoms with Crippen LogP contribution >= 0.6 is 0 Å². The van der Waals surface area contributed by atoms with Crippen molar-refractivity contribution in [3.8, 4) is 0 Å². The number of rotatable bonds is 5. The van der Waals surface area contributed by atoms with Crippen molar-refractivity contribution in [2.24, 2.45) is 17.8 Å². The van der Waals surface area contributed by atoms with Crippen molar-refractivity contribution < 1.29 is 0 Å². The number of hydrogen-bond acceptors (Lipinski definition) is 1. The highest BCUT2D eigenvalue weighted by molar-refractivity contribution is 4.84. The van der Waals surface area contributed by atoms with E-state index in [0.29, 0.717) is 0 Å². The summed E-state index contributed by atoms with van der Waals surface area (Å²) in [6, 6.07) is 0.848. The summed E-state index contributed by atoms with van der Waals surface area (Å²) in [5.41, 5.74) is 0. The molecule has 1 nitrogen and oxygen atoms in total. The fraction of sp³-hybridized carbons (Fsp3) is 1.00. The molecule has 3 unspecified atom stereocenters. The van der Waals surface area contributed by atoms with E-state index < -0.39 is 0 Å². The molecule has 0 radical (unpaired) electrons. The fourth-order valence-electron chi connectivity index (χ4n) is 2.82. The second-order valence-corrected chi connectivity index (χ2v) is 5.51. The Balaban J connectivity index is 1.61. The average molecular weight is 195 g/mol. The molecule has 0 aromatic carbocycles. The van der Waals surface area contributed by atoms with Gasteiger partial charge in [-0.15, -0.1) is 0 Å². The summed E-state index contributed by atoms with van der Waals surface area (Å²) in [6.07, 6.45) is 8.70.